The van der Waals surface area contributed by atoms with Gasteiger partial charge in [-0.15, -0.1) is 0 Å². The number of halogens is 2. The molecule has 17 heavy (non-hydrogen) atoms. The summed E-state index contributed by atoms with van der Waals surface area (Å²) in [5, 5.41) is 0.600. The van der Waals surface area contributed by atoms with Gasteiger partial charge in [-0.1, -0.05) is 11.6 Å². The Hall–Kier alpha value is -1.26. The molecular formula is C12H8BrClO3. The van der Waals surface area contributed by atoms with Gasteiger partial charge in [-0.3, -0.25) is 0 Å². The molecule has 0 aliphatic heterocycles. The standard InChI is InChI=1S/C12H8BrClO3/c1-7-6-8(14)2-3-9(7)17-12(15)10-4-5-11(13)16-10/h2-6H,1H3. The SMILES string of the molecule is Cc1cc(Cl)ccc1OC(=O)c1ccc(Br)o1. The number of carbonyl (C=O) groups excluding carboxylic acids is 1. The van der Waals surface area contributed by atoms with E-state index in [1.165, 1.54) is 6.07 Å². The van der Waals surface area contributed by atoms with Crippen LogP contribution in [0, 0.1) is 6.92 Å². The summed E-state index contributed by atoms with van der Waals surface area (Å²) in [5.74, 6) is 0.0688. The van der Waals surface area contributed by atoms with Gasteiger partial charge in [0.15, 0.2) is 4.67 Å². The van der Waals surface area contributed by atoms with Gasteiger partial charge in [0, 0.05) is 5.02 Å². The second-order valence-corrected chi connectivity index (χ2v) is 4.62. The van der Waals surface area contributed by atoms with Gasteiger partial charge in [-0.2, -0.15) is 0 Å². The number of esters is 1. The van der Waals surface area contributed by atoms with Gasteiger partial charge in [0.05, 0.1) is 0 Å². The van der Waals surface area contributed by atoms with Crippen molar-refractivity contribution in [3.05, 3.63) is 51.3 Å². The minimum atomic E-state index is -0.541. The van der Waals surface area contributed by atoms with E-state index in [1.54, 1.807) is 24.3 Å². The largest absolute Gasteiger partial charge is 0.442 e. The molecule has 0 saturated carbocycles. The molecule has 88 valence electrons. The molecule has 0 bridgehead atoms. The minimum Gasteiger partial charge on any atom is -0.442 e. The number of benzene rings is 1. The molecule has 0 fully saturated rings. The molecule has 3 nitrogen and oxygen atoms in total. The molecule has 2 aromatic rings. The Balaban J connectivity index is 2.18. The summed E-state index contributed by atoms with van der Waals surface area (Å²) < 4.78 is 10.8. The van der Waals surface area contributed by atoms with Crippen LogP contribution in [0.4, 0.5) is 0 Å². The van der Waals surface area contributed by atoms with Crippen molar-refractivity contribution in [2.24, 2.45) is 0 Å². The van der Waals surface area contributed by atoms with Crippen LogP contribution in [0.2, 0.25) is 5.02 Å². The number of hydrogen-bond donors (Lipinski definition) is 0. The average Bonchev–Trinajstić information content (AvgIpc) is 2.69. The number of carbonyl (C=O) groups is 1. The first-order valence-electron chi connectivity index (χ1n) is 4.80. The summed E-state index contributed by atoms with van der Waals surface area (Å²) >= 11 is 8.93. The number of hydrogen-bond acceptors (Lipinski definition) is 3. The molecule has 5 heteroatoms. The highest BCUT2D eigenvalue weighted by Gasteiger charge is 2.14. The van der Waals surface area contributed by atoms with Crippen molar-refractivity contribution in [3.8, 4) is 5.75 Å². The maximum atomic E-state index is 11.7. The zero-order valence-corrected chi connectivity index (χ0v) is 11.2. The summed E-state index contributed by atoms with van der Waals surface area (Å²) in [7, 11) is 0. The van der Waals surface area contributed by atoms with E-state index in [1.807, 2.05) is 6.92 Å². The van der Waals surface area contributed by atoms with Crippen LogP contribution in [0.3, 0.4) is 0 Å². The molecule has 0 aliphatic rings. The summed E-state index contributed by atoms with van der Waals surface area (Å²) in [6.45, 7) is 1.81. The van der Waals surface area contributed by atoms with E-state index in [-0.39, 0.29) is 5.76 Å². The normalized spacial score (nSPS) is 10.3. The monoisotopic (exact) mass is 314 g/mol. The number of furan rings is 1. The predicted molar refractivity (Wildman–Crippen MR) is 67.6 cm³/mol. The maximum Gasteiger partial charge on any atom is 0.379 e. The summed E-state index contributed by atoms with van der Waals surface area (Å²) in [6, 6.07) is 8.20. The van der Waals surface area contributed by atoms with Crippen molar-refractivity contribution in [1.29, 1.82) is 0 Å². The van der Waals surface area contributed by atoms with E-state index < -0.39 is 5.97 Å². The average molecular weight is 316 g/mol. The molecule has 0 aliphatic carbocycles. The fraction of sp³-hybridized carbons (Fsp3) is 0.0833. The van der Waals surface area contributed by atoms with Crippen molar-refractivity contribution in [2.45, 2.75) is 6.92 Å². The van der Waals surface area contributed by atoms with Crippen LogP contribution in [-0.2, 0) is 0 Å². The highest BCUT2D eigenvalue weighted by molar-refractivity contribution is 9.10. The number of ether oxygens (including phenoxy) is 1. The quantitative estimate of drug-likeness (QED) is 0.615. The fourth-order valence-corrected chi connectivity index (χ4v) is 1.83. The molecular weight excluding hydrogens is 307 g/mol. The van der Waals surface area contributed by atoms with E-state index >= 15 is 0 Å². The van der Waals surface area contributed by atoms with Gasteiger partial charge in [-0.25, -0.2) is 4.79 Å². The summed E-state index contributed by atoms with van der Waals surface area (Å²) in [5.41, 5.74) is 0.788. The maximum absolute atomic E-state index is 11.7. The third kappa shape index (κ3) is 2.90. The first-order valence-corrected chi connectivity index (χ1v) is 5.97. The topological polar surface area (TPSA) is 39.4 Å². The molecule has 0 amide bonds. The highest BCUT2D eigenvalue weighted by Crippen LogP contribution is 2.23. The second kappa shape index (κ2) is 4.94. The molecule has 0 saturated heterocycles. The van der Waals surface area contributed by atoms with Crippen LogP contribution in [0.15, 0.2) is 39.4 Å². The van der Waals surface area contributed by atoms with Gasteiger partial charge < -0.3 is 9.15 Å². The van der Waals surface area contributed by atoms with Gasteiger partial charge in [-0.05, 0) is 58.7 Å². The molecule has 0 spiro atoms. The Bertz CT molecular complexity index is 563. The molecule has 0 radical (unpaired) electrons. The smallest absolute Gasteiger partial charge is 0.379 e. The van der Waals surface area contributed by atoms with Crippen LogP contribution in [0.5, 0.6) is 5.75 Å². The fourth-order valence-electron chi connectivity index (χ4n) is 1.30. The Morgan fingerprint density at radius 2 is 2.12 bits per heavy atom. The third-order valence-corrected chi connectivity index (χ3v) is 2.78. The van der Waals surface area contributed by atoms with E-state index in [9.17, 15) is 4.79 Å². The van der Waals surface area contributed by atoms with Crippen LogP contribution in [-0.4, -0.2) is 5.97 Å². The number of aryl methyl sites for hydroxylation is 1. The van der Waals surface area contributed by atoms with E-state index in [0.717, 1.165) is 5.56 Å². The molecule has 1 aromatic heterocycles. The Labute approximate surface area is 111 Å². The van der Waals surface area contributed by atoms with E-state index in [2.05, 4.69) is 15.9 Å². The first-order chi connectivity index (χ1) is 8.06. The molecule has 2 rings (SSSR count). The third-order valence-electron chi connectivity index (χ3n) is 2.11. The van der Waals surface area contributed by atoms with Gasteiger partial charge in [0.25, 0.3) is 0 Å². The Morgan fingerprint density at radius 1 is 1.35 bits per heavy atom. The molecule has 0 unspecified atom stereocenters. The lowest BCUT2D eigenvalue weighted by Crippen LogP contribution is -2.07. The Morgan fingerprint density at radius 3 is 2.71 bits per heavy atom. The summed E-state index contributed by atoms with van der Waals surface area (Å²) in [6.07, 6.45) is 0. The zero-order chi connectivity index (χ0) is 12.4. The van der Waals surface area contributed by atoms with Gasteiger partial charge in [0.2, 0.25) is 5.76 Å². The van der Waals surface area contributed by atoms with Crippen LogP contribution in [0.1, 0.15) is 16.1 Å². The zero-order valence-electron chi connectivity index (χ0n) is 8.87. The molecule has 0 atom stereocenters. The lowest BCUT2D eigenvalue weighted by molar-refractivity contribution is 0.0698. The first kappa shape index (κ1) is 12.2. The summed E-state index contributed by atoms with van der Waals surface area (Å²) in [4.78, 5) is 11.7. The number of rotatable bonds is 2. The van der Waals surface area contributed by atoms with Crippen molar-refractivity contribution in [3.63, 3.8) is 0 Å². The van der Waals surface area contributed by atoms with Crippen molar-refractivity contribution in [1.82, 2.24) is 0 Å². The van der Waals surface area contributed by atoms with Crippen LogP contribution < -0.4 is 4.74 Å². The Kier molecular flexibility index (Phi) is 3.54. The highest BCUT2D eigenvalue weighted by atomic mass is 79.9. The van der Waals surface area contributed by atoms with Gasteiger partial charge in [0.1, 0.15) is 5.75 Å². The van der Waals surface area contributed by atoms with Crippen molar-refractivity contribution < 1.29 is 13.9 Å². The second-order valence-electron chi connectivity index (χ2n) is 3.40. The predicted octanol–water partition coefficient (Wildman–Crippen LogP) is 4.22. The van der Waals surface area contributed by atoms with Crippen molar-refractivity contribution in [2.75, 3.05) is 0 Å². The lowest BCUT2D eigenvalue weighted by Gasteiger charge is -2.05. The van der Waals surface area contributed by atoms with Crippen LogP contribution in [0.25, 0.3) is 0 Å². The lowest BCUT2D eigenvalue weighted by atomic mass is 10.2. The van der Waals surface area contributed by atoms with Crippen LogP contribution >= 0.6 is 27.5 Å². The molecule has 0 N–H and O–H groups in total. The van der Waals surface area contributed by atoms with E-state index in [0.29, 0.717) is 15.4 Å². The van der Waals surface area contributed by atoms with Crippen molar-refractivity contribution >= 4 is 33.5 Å². The van der Waals surface area contributed by atoms with Gasteiger partial charge >= 0.3 is 5.97 Å². The molecule has 1 heterocycles. The van der Waals surface area contributed by atoms with E-state index in [4.69, 9.17) is 20.8 Å². The minimum absolute atomic E-state index is 0.145. The molecule has 1 aromatic carbocycles.